The van der Waals surface area contributed by atoms with Gasteiger partial charge in [0.25, 0.3) is 0 Å². The summed E-state index contributed by atoms with van der Waals surface area (Å²) in [6.07, 6.45) is 10.2. The molecule has 3 aliphatic carbocycles. The van der Waals surface area contributed by atoms with Gasteiger partial charge in [-0.25, -0.2) is 0 Å². The Bertz CT molecular complexity index is 2950. The van der Waals surface area contributed by atoms with Gasteiger partial charge in [-0.15, -0.1) is 0 Å². The highest BCUT2D eigenvalue weighted by atomic mass is 15.2. The Hall–Kier alpha value is -7.16. The Morgan fingerprint density at radius 1 is 0.492 bits per heavy atom. The van der Waals surface area contributed by atoms with E-state index in [1.54, 1.807) is 0 Å². The van der Waals surface area contributed by atoms with E-state index in [1.165, 1.54) is 66.6 Å². The Labute approximate surface area is 347 Å². The molecule has 0 heterocycles. The van der Waals surface area contributed by atoms with E-state index in [0.29, 0.717) is 5.92 Å². The summed E-state index contributed by atoms with van der Waals surface area (Å²) in [5.74, 6) is 0.406. The fourth-order valence-corrected chi connectivity index (χ4v) is 10.3. The minimum absolute atomic E-state index is 0.406. The number of benzene rings is 8. The van der Waals surface area contributed by atoms with E-state index in [9.17, 15) is 0 Å². The summed E-state index contributed by atoms with van der Waals surface area (Å²) in [6, 6.07) is 69.8. The second-order valence-corrected chi connectivity index (χ2v) is 16.0. The second-order valence-electron chi connectivity index (χ2n) is 16.0. The van der Waals surface area contributed by atoms with Gasteiger partial charge >= 0.3 is 0 Å². The van der Waals surface area contributed by atoms with Crippen LogP contribution in [0.3, 0.4) is 0 Å². The highest BCUT2D eigenvalue weighted by Gasteiger charge is 2.52. The molecule has 0 fully saturated rings. The number of hydrogen-bond acceptors (Lipinski definition) is 2. The van der Waals surface area contributed by atoms with Crippen molar-refractivity contribution >= 4 is 39.2 Å². The van der Waals surface area contributed by atoms with Gasteiger partial charge in [0.1, 0.15) is 0 Å². The lowest BCUT2D eigenvalue weighted by molar-refractivity contribution is 0.692. The van der Waals surface area contributed by atoms with Gasteiger partial charge in [-0.05, 0) is 135 Å². The first-order chi connectivity index (χ1) is 29.2. The zero-order valence-corrected chi connectivity index (χ0v) is 33.4. The van der Waals surface area contributed by atoms with Crippen LogP contribution >= 0.6 is 0 Å². The molecule has 1 unspecified atom stereocenters. The van der Waals surface area contributed by atoms with Gasteiger partial charge in [-0.2, -0.15) is 0 Å². The van der Waals surface area contributed by atoms with Crippen molar-refractivity contribution in [2.45, 2.75) is 25.7 Å². The van der Waals surface area contributed by atoms with Gasteiger partial charge in [0.2, 0.25) is 0 Å². The number of nitrogens with zero attached hydrogens (tertiary/aromatic N) is 2. The van der Waals surface area contributed by atoms with Crippen molar-refractivity contribution in [2.24, 2.45) is 5.92 Å². The van der Waals surface area contributed by atoms with E-state index in [2.05, 4.69) is 236 Å². The second kappa shape index (κ2) is 14.0. The molecule has 1 atom stereocenters. The molecule has 0 amide bonds. The average Bonchev–Trinajstić information content (AvgIpc) is 3.75. The van der Waals surface area contributed by atoms with Crippen LogP contribution in [0, 0.1) is 5.92 Å². The van der Waals surface area contributed by atoms with E-state index in [4.69, 9.17) is 0 Å². The molecule has 8 aromatic rings. The van der Waals surface area contributed by atoms with Crippen molar-refractivity contribution in [3.63, 3.8) is 0 Å². The number of hydrogen-bond donors (Lipinski definition) is 0. The molecule has 0 radical (unpaired) electrons. The molecule has 0 aliphatic heterocycles. The van der Waals surface area contributed by atoms with Crippen molar-refractivity contribution in [2.75, 3.05) is 9.80 Å². The molecule has 3 aliphatic rings. The van der Waals surface area contributed by atoms with Crippen molar-refractivity contribution in [1.29, 1.82) is 0 Å². The van der Waals surface area contributed by atoms with Gasteiger partial charge in [0.15, 0.2) is 0 Å². The van der Waals surface area contributed by atoms with Gasteiger partial charge in [-0.3, -0.25) is 0 Å². The topological polar surface area (TPSA) is 6.48 Å². The zero-order chi connectivity index (χ0) is 39.5. The molecule has 2 nitrogen and oxygen atoms in total. The quantitative estimate of drug-likeness (QED) is 0.160. The fraction of sp³-hybridized carbons (Fsp3) is 0.0877. The molecule has 1 spiro atoms. The zero-order valence-electron chi connectivity index (χ0n) is 33.4. The maximum absolute atomic E-state index is 2.51. The number of para-hydroxylation sites is 2. The standard InChI is InChI=1S/C57H44N2/c1-3-18-45-39(2)19-16-31-55(45)58(41-22-6-4-7-23-41)43-33-35-49-50-36-34-44(59(42-24-8-5-9-25-42)56-32-17-21-40-20-10-11-26-46(40)56)38-54(50)57(53(49)37-43)51-29-14-12-27-47(51)48-28-13-15-30-52(48)57/h3-18,20-39H,19H2,1-2H3/b18-3-. The van der Waals surface area contributed by atoms with Gasteiger partial charge in [0.05, 0.1) is 11.1 Å². The van der Waals surface area contributed by atoms with Crippen LogP contribution in [-0.2, 0) is 5.41 Å². The minimum atomic E-state index is -0.538. The first-order valence-electron chi connectivity index (χ1n) is 20.9. The summed E-state index contributed by atoms with van der Waals surface area (Å²) in [5.41, 5.74) is 18.2. The molecule has 2 heteroatoms. The fourth-order valence-electron chi connectivity index (χ4n) is 10.3. The first-order valence-corrected chi connectivity index (χ1v) is 20.9. The molecule has 11 rings (SSSR count). The van der Waals surface area contributed by atoms with Crippen molar-refractivity contribution in [3.05, 3.63) is 246 Å². The number of fused-ring (bicyclic) bond motifs is 11. The van der Waals surface area contributed by atoms with E-state index < -0.39 is 5.41 Å². The minimum Gasteiger partial charge on any atom is -0.310 e. The average molecular weight is 757 g/mol. The molecule has 59 heavy (non-hydrogen) atoms. The van der Waals surface area contributed by atoms with E-state index in [-0.39, 0.29) is 0 Å². The van der Waals surface area contributed by atoms with E-state index in [0.717, 1.165) is 34.9 Å². The van der Waals surface area contributed by atoms with Gasteiger partial charge in [0, 0.05) is 33.8 Å². The highest BCUT2D eigenvalue weighted by molar-refractivity contribution is 6.01. The molecule has 282 valence electrons. The Kier molecular flexibility index (Phi) is 8.34. The van der Waals surface area contributed by atoms with Crippen LogP contribution in [0.1, 0.15) is 42.5 Å². The number of rotatable bonds is 7. The molecule has 8 aromatic carbocycles. The lowest BCUT2D eigenvalue weighted by atomic mass is 9.70. The maximum atomic E-state index is 2.51. The monoisotopic (exact) mass is 756 g/mol. The van der Waals surface area contributed by atoms with E-state index >= 15 is 0 Å². The van der Waals surface area contributed by atoms with Crippen LogP contribution in [0.25, 0.3) is 33.0 Å². The Balaban J connectivity index is 1.20. The molecular formula is C57H44N2. The van der Waals surface area contributed by atoms with Crippen LogP contribution < -0.4 is 9.80 Å². The predicted molar refractivity (Wildman–Crippen MR) is 248 cm³/mol. The molecule has 0 aromatic heterocycles. The summed E-state index contributed by atoms with van der Waals surface area (Å²) < 4.78 is 0. The van der Waals surface area contributed by atoms with Crippen LogP contribution in [0.4, 0.5) is 28.4 Å². The lowest BCUT2D eigenvalue weighted by Gasteiger charge is -2.34. The first kappa shape index (κ1) is 35.0. The normalized spacial score (nSPS) is 15.7. The van der Waals surface area contributed by atoms with Crippen LogP contribution in [0.5, 0.6) is 0 Å². The molecule has 0 saturated carbocycles. The smallest absolute Gasteiger partial charge is 0.0727 e. The molecule has 0 N–H and O–H groups in total. The third-order valence-corrected chi connectivity index (χ3v) is 12.8. The Morgan fingerprint density at radius 2 is 1.02 bits per heavy atom. The van der Waals surface area contributed by atoms with Crippen molar-refractivity contribution in [3.8, 4) is 22.3 Å². The lowest BCUT2D eigenvalue weighted by Crippen LogP contribution is -2.27. The summed E-state index contributed by atoms with van der Waals surface area (Å²) in [5, 5.41) is 2.44. The maximum Gasteiger partial charge on any atom is 0.0727 e. The van der Waals surface area contributed by atoms with Gasteiger partial charge < -0.3 is 9.80 Å². The van der Waals surface area contributed by atoms with Crippen molar-refractivity contribution < 1.29 is 0 Å². The molecule has 0 bridgehead atoms. The molecular weight excluding hydrogens is 713 g/mol. The largest absolute Gasteiger partial charge is 0.310 e. The SMILES string of the molecule is C/C=C\C1=C(N(c2ccccc2)c2ccc3c(c2)C2(c4ccccc4-c4ccccc42)c2cc(N(c4ccccc4)c4cccc5ccccc45)ccc2-3)C=CCC1C. The summed E-state index contributed by atoms with van der Waals surface area (Å²) >= 11 is 0. The summed E-state index contributed by atoms with van der Waals surface area (Å²) in [7, 11) is 0. The Morgan fingerprint density at radius 3 is 1.66 bits per heavy atom. The van der Waals surface area contributed by atoms with Crippen LogP contribution in [0.2, 0.25) is 0 Å². The number of anilines is 5. The molecule has 0 saturated heterocycles. The summed E-state index contributed by atoms with van der Waals surface area (Å²) in [6.45, 7) is 4.47. The van der Waals surface area contributed by atoms with Gasteiger partial charge in [-0.1, -0.05) is 159 Å². The van der Waals surface area contributed by atoms with Crippen molar-refractivity contribution in [1.82, 2.24) is 0 Å². The predicted octanol–water partition coefficient (Wildman–Crippen LogP) is 15.2. The summed E-state index contributed by atoms with van der Waals surface area (Å²) in [4.78, 5) is 4.93. The highest BCUT2D eigenvalue weighted by Crippen LogP contribution is 2.64. The van der Waals surface area contributed by atoms with Crippen LogP contribution in [-0.4, -0.2) is 0 Å². The van der Waals surface area contributed by atoms with E-state index in [1.807, 2.05) is 0 Å². The third kappa shape index (κ3) is 5.33. The van der Waals surface area contributed by atoms with Crippen LogP contribution in [0.15, 0.2) is 224 Å². The number of allylic oxidation sites excluding steroid dienone is 5. The third-order valence-electron chi connectivity index (χ3n) is 12.8.